The van der Waals surface area contributed by atoms with E-state index in [1.54, 1.807) is 16.8 Å². The van der Waals surface area contributed by atoms with Gasteiger partial charge in [-0.3, -0.25) is 4.79 Å². The molecule has 3 aromatic carbocycles. The topological polar surface area (TPSA) is 56.1 Å². The molecule has 0 saturated carbocycles. The van der Waals surface area contributed by atoms with Crippen molar-refractivity contribution in [3.8, 4) is 17.3 Å². The maximum Gasteiger partial charge on any atom is 0.226 e. The first-order valence-corrected chi connectivity index (χ1v) is 10.5. The molecule has 1 aromatic heterocycles. The summed E-state index contributed by atoms with van der Waals surface area (Å²) in [5.41, 5.74) is 3.68. The fourth-order valence-electron chi connectivity index (χ4n) is 3.47. The molecule has 0 aliphatic carbocycles. The van der Waals surface area contributed by atoms with E-state index in [1.165, 1.54) is 36.4 Å². The van der Waals surface area contributed by atoms with Crippen LogP contribution in [0.4, 0.5) is 14.5 Å². The fourth-order valence-corrected chi connectivity index (χ4v) is 3.47. The van der Waals surface area contributed by atoms with Gasteiger partial charge in [0.05, 0.1) is 11.4 Å². The lowest BCUT2D eigenvalue weighted by atomic mass is 10.1. The summed E-state index contributed by atoms with van der Waals surface area (Å²) in [4.78, 5) is 12.5. The molecular formula is C26H23F2N3O2. The molecule has 1 amide bonds. The number of aryl methyl sites for hydroxylation is 2. The van der Waals surface area contributed by atoms with Crippen LogP contribution in [0.2, 0.25) is 0 Å². The van der Waals surface area contributed by atoms with E-state index in [4.69, 9.17) is 4.74 Å². The molecule has 0 bridgehead atoms. The van der Waals surface area contributed by atoms with Crippen LogP contribution in [0, 0.1) is 25.5 Å². The number of carbonyl (C=O) groups is 1. The van der Waals surface area contributed by atoms with Crippen LogP contribution in [0.3, 0.4) is 0 Å². The second kappa shape index (κ2) is 9.65. The summed E-state index contributed by atoms with van der Waals surface area (Å²) in [5.74, 6) is 0.183. The van der Waals surface area contributed by atoms with Gasteiger partial charge >= 0.3 is 0 Å². The highest BCUT2D eigenvalue weighted by Gasteiger charge is 2.20. The van der Waals surface area contributed by atoms with Crippen molar-refractivity contribution in [2.24, 2.45) is 0 Å². The summed E-state index contributed by atoms with van der Waals surface area (Å²) in [7, 11) is 0. The number of nitrogens with one attached hydrogen (secondary N) is 1. The van der Waals surface area contributed by atoms with Gasteiger partial charge in [-0.15, -0.1) is 0 Å². The van der Waals surface area contributed by atoms with Gasteiger partial charge in [0.15, 0.2) is 0 Å². The SMILES string of the molecule is Cc1cccc(Oc2c(CCC(=O)Nc3ccc(F)cc3)c(C)nn2-c2ccc(F)cc2)c1. The number of halogens is 2. The normalized spacial score (nSPS) is 10.8. The van der Waals surface area contributed by atoms with E-state index in [0.717, 1.165) is 11.1 Å². The lowest BCUT2D eigenvalue weighted by Gasteiger charge is -2.12. The molecule has 0 aliphatic rings. The Morgan fingerprint density at radius 2 is 1.64 bits per heavy atom. The minimum Gasteiger partial charge on any atom is -0.439 e. The predicted octanol–water partition coefficient (Wildman–Crippen LogP) is 6.13. The van der Waals surface area contributed by atoms with E-state index in [2.05, 4.69) is 10.4 Å². The van der Waals surface area contributed by atoms with Crippen molar-refractivity contribution in [2.45, 2.75) is 26.7 Å². The molecule has 168 valence electrons. The Bertz CT molecular complexity index is 1270. The Balaban J connectivity index is 1.61. The number of anilines is 1. The zero-order valence-corrected chi connectivity index (χ0v) is 18.3. The summed E-state index contributed by atoms with van der Waals surface area (Å²) in [6, 6.07) is 19.2. The standard InChI is InChI=1S/C26H23F2N3O2/c1-17-4-3-5-23(16-17)33-26-24(14-15-25(32)29-21-10-6-19(27)7-11-21)18(2)30-31(26)22-12-8-20(28)9-13-22/h3-13,16H,14-15H2,1-2H3,(H,29,32). The second-order valence-corrected chi connectivity index (χ2v) is 7.73. The Labute approximate surface area is 190 Å². The molecule has 0 aliphatic heterocycles. The number of carbonyl (C=O) groups excluding carboxylic acids is 1. The van der Waals surface area contributed by atoms with Gasteiger partial charge in [0.25, 0.3) is 0 Å². The number of aromatic nitrogens is 2. The van der Waals surface area contributed by atoms with E-state index in [0.29, 0.717) is 35.1 Å². The average molecular weight is 447 g/mol. The molecule has 0 saturated heterocycles. The van der Waals surface area contributed by atoms with Crippen LogP contribution in [0.25, 0.3) is 5.69 Å². The minimum absolute atomic E-state index is 0.178. The van der Waals surface area contributed by atoms with Crippen molar-refractivity contribution in [2.75, 3.05) is 5.32 Å². The summed E-state index contributed by atoms with van der Waals surface area (Å²) >= 11 is 0. The largest absolute Gasteiger partial charge is 0.439 e. The maximum absolute atomic E-state index is 13.5. The average Bonchev–Trinajstić information content (AvgIpc) is 3.09. The molecular weight excluding hydrogens is 424 g/mol. The van der Waals surface area contributed by atoms with Gasteiger partial charge in [-0.25, -0.2) is 13.5 Å². The summed E-state index contributed by atoms with van der Waals surface area (Å²) in [6.45, 7) is 3.81. The molecule has 1 N–H and O–H groups in total. The molecule has 0 fully saturated rings. The van der Waals surface area contributed by atoms with E-state index in [9.17, 15) is 13.6 Å². The third-order valence-corrected chi connectivity index (χ3v) is 5.14. The molecule has 0 radical (unpaired) electrons. The summed E-state index contributed by atoms with van der Waals surface area (Å²) in [5, 5.41) is 7.36. The third kappa shape index (κ3) is 5.44. The van der Waals surface area contributed by atoms with Crippen LogP contribution >= 0.6 is 0 Å². The van der Waals surface area contributed by atoms with Crippen LogP contribution in [0.15, 0.2) is 72.8 Å². The molecule has 1 heterocycles. The van der Waals surface area contributed by atoms with Crippen molar-refractivity contribution in [1.29, 1.82) is 0 Å². The first kappa shape index (κ1) is 22.2. The van der Waals surface area contributed by atoms with Crippen molar-refractivity contribution in [1.82, 2.24) is 9.78 Å². The van der Waals surface area contributed by atoms with Crippen molar-refractivity contribution in [3.05, 3.63) is 101 Å². The monoisotopic (exact) mass is 447 g/mol. The van der Waals surface area contributed by atoms with Gasteiger partial charge in [-0.2, -0.15) is 5.10 Å². The Morgan fingerprint density at radius 1 is 0.970 bits per heavy atom. The van der Waals surface area contributed by atoms with E-state index >= 15 is 0 Å². The van der Waals surface area contributed by atoms with Gasteiger partial charge in [-0.1, -0.05) is 12.1 Å². The molecule has 7 heteroatoms. The van der Waals surface area contributed by atoms with Gasteiger partial charge in [0.2, 0.25) is 11.8 Å². The van der Waals surface area contributed by atoms with Crippen LogP contribution in [-0.2, 0) is 11.2 Å². The fraction of sp³-hybridized carbons (Fsp3) is 0.154. The Morgan fingerprint density at radius 3 is 2.30 bits per heavy atom. The van der Waals surface area contributed by atoms with Crippen LogP contribution in [-0.4, -0.2) is 15.7 Å². The van der Waals surface area contributed by atoms with E-state index < -0.39 is 0 Å². The second-order valence-electron chi connectivity index (χ2n) is 7.73. The lowest BCUT2D eigenvalue weighted by molar-refractivity contribution is -0.116. The van der Waals surface area contributed by atoms with Crippen molar-refractivity contribution >= 4 is 11.6 Å². The molecule has 0 spiro atoms. The number of hydrogen-bond acceptors (Lipinski definition) is 3. The first-order valence-electron chi connectivity index (χ1n) is 10.5. The maximum atomic E-state index is 13.5. The minimum atomic E-state index is -0.366. The third-order valence-electron chi connectivity index (χ3n) is 5.14. The first-order chi connectivity index (χ1) is 15.9. The van der Waals surface area contributed by atoms with Gasteiger partial charge in [0, 0.05) is 17.7 Å². The highest BCUT2D eigenvalue weighted by atomic mass is 19.1. The quantitative estimate of drug-likeness (QED) is 0.371. The van der Waals surface area contributed by atoms with Crippen LogP contribution < -0.4 is 10.1 Å². The van der Waals surface area contributed by atoms with E-state index in [-0.39, 0.29) is 24.0 Å². The van der Waals surface area contributed by atoms with Gasteiger partial charge < -0.3 is 10.1 Å². The van der Waals surface area contributed by atoms with Gasteiger partial charge in [-0.05, 0) is 86.5 Å². The molecule has 33 heavy (non-hydrogen) atoms. The van der Waals surface area contributed by atoms with Gasteiger partial charge in [0.1, 0.15) is 17.4 Å². The van der Waals surface area contributed by atoms with E-state index in [1.807, 2.05) is 38.1 Å². The van der Waals surface area contributed by atoms with Crippen molar-refractivity contribution in [3.63, 3.8) is 0 Å². The highest BCUT2D eigenvalue weighted by Crippen LogP contribution is 2.32. The van der Waals surface area contributed by atoms with Crippen LogP contribution in [0.1, 0.15) is 23.2 Å². The Kier molecular flexibility index (Phi) is 6.49. The molecule has 0 unspecified atom stereocenters. The number of benzene rings is 3. The van der Waals surface area contributed by atoms with Crippen LogP contribution in [0.5, 0.6) is 11.6 Å². The summed E-state index contributed by atoms with van der Waals surface area (Å²) in [6.07, 6.45) is 0.554. The molecule has 4 rings (SSSR count). The zero-order chi connectivity index (χ0) is 23.4. The Hall–Kier alpha value is -4.00. The molecule has 5 nitrogen and oxygen atoms in total. The molecule has 4 aromatic rings. The number of rotatable bonds is 7. The summed E-state index contributed by atoms with van der Waals surface area (Å²) < 4.78 is 34.4. The highest BCUT2D eigenvalue weighted by molar-refractivity contribution is 5.90. The zero-order valence-electron chi connectivity index (χ0n) is 18.3. The van der Waals surface area contributed by atoms with Crippen molar-refractivity contribution < 1.29 is 18.3 Å². The molecule has 0 atom stereocenters. The smallest absolute Gasteiger partial charge is 0.226 e. The number of hydrogen-bond donors (Lipinski definition) is 1. The predicted molar refractivity (Wildman–Crippen MR) is 123 cm³/mol. The number of nitrogens with zero attached hydrogens (tertiary/aromatic N) is 2. The number of ether oxygens (including phenoxy) is 1. The number of amides is 1. The lowest BCUT2D eigenvalue weighted by Crippen LogP contribution is -2.12.